The highest BCUT2D eigenvalue weighted by Gasteiger charge is 2.40. The zero-order valence-corrected chi connectivity index (χ0v) is 18.6. The lowest BCUT2D eigenvalue weighted by Gasteiger charge is -2.43. The zero-order chi connectivity index (χ0) is 17.7. The summed E-state index contributed by atoms with van der Waals surface area (Å²) in [5.74, 6) is 3.36. The summed E-state index contributed by atoms with van der Waals surface area (Å²) in [7, 11) is 0. The van der Waals surface area contributed by atoms with Gasteiger partial charge in [-0.25, -0.2) is 0 Å². The van der Waals surface area contributed by atoms with Crippen LogP contribution in [0.1, 0.15) is 18.9 Å². The fourth-order valence-corrected chi connectivity index (χ4v) is 6.56. The lowest BCUT2D eigenvalue weighted by Crippen LogP contribution is -2.58. The van der Waals surface area contributed by atoms with Crippen LogP contribution in [-0.4, -0.2) is 61.4 Å². The summed E-state index contributed by atoms with van der Waals surface area (Å²) in [4.78, 5) is 2.65. The fourth-order valence-electron chi connectivity index (χ4n) is 3.57. The molecule has 0 spiro atoms. The molecule has 0 radical (unpaired) electrons. The number of nitrogens with zero attached hydrogens (tertiary/aromatic N) is 1. The number of ether oxygens (including phenoxy) is 2. The van der Waals surface area contributed by atoms with Crippen molar-refractivity contribution in [1.29, 1.82) is 0 Å². The van der Waals surface area contributed by atoms with Gasteiger partial charge in [-0.15, -0.1) is 0 Å². The molecule has 2 saturated heterocycles. The molecule has 1 N–H and O–H groups in total. The number of benzene rings is 1. The smallest absolute Gasteiger partial charge is 0.147 e. The molecule has 1 unspecified atom stereocenters. The minimum atomic E-state index is 0.286. The van der Waals surface area contributed by atoms with Crippen molar-refractivity contribution in [2.75, 3.05) is 51.0 Å². The standard InChI is InChI=1S/C18H26Br2N2O2S/c1-2-24-17-15(19)9-14(10-16(17)20)11-21-12-18(3-8-25-13-18)22-4-6-23-7-5-22/h9-10,21H,2-8,11-13H2,1H3. The molecule has 3 rings (SSSR count). The van der Waals surface area contributed by atoms with E-state index in [2.05, 4.69) is 66.0 Å². The normalized spacial score (nSPS) is 24.6. The first-order valence-electron chi connectivity index (χ1n) is 8.86. The average Bonchev–Trinajstić information content (AvgIpc) is 3.09. The predicted octanol–water partition coefficient (Wildman–Crippen LogP) is 3.91. The van der Waals surface area contributed by atoms with Crippen LogP contribution in [0.15, 0.2) is 21.1 Å². The van der Waals surface area contributed by atoms with E-state index in [-0.39, 0.29) is 5.54 Å². The van der Waals surface area contributed by atoms with Crippen molar-refractivity contribution in [3.05, 3.63) is 26.6 Å². The summed E-state index contributed by atoms with van der Waals surface area (Å²) in [5, 5.41) is 3.71. The Morgan fingerprint density at radius 1 is 1.28 bits per heavy atom. The summed E-state index contributed by atoms with van der Waals surface area (Å²) in [6, 6.07) is 4.29. The van der Waals surface area contributed by atoms with Crippen LogP contribution in [0.4, 0.5) is 0 Å². The molecule has 2 heterocycles. The van der Waals surface area contributed by atoms with Gasteiger partial charge in [0.1, 0.15) is 5.75 Å². The van der Waals surface area contributed by atoms with Crippen LogP contribution in [0, 0.1) is 0 Å². The van der Waals surface area contributed by atoms with Crippen molar-refractivity contribution in [1.82, 2.24) is 10.2 Å². The molecule has 7 heteroatoms. The first-order chi connectivity index (χ1) is 12.1. The Kier molecular flexibility index (Phi) is 7.52. The van der Waals surface area contributed by atoms with Gasteiger partial charge in [-0.2, -0.15) is 11.8 Å². The van der Waals surface area contributed by atoms with Gasteiger partial charge in [0.2, 0.25) is 0 Å². The topological polar surface area (TPSA) is 33.7 Å². The summed E-state index contributed by atoms with van der Waals surface area (Å²) < 4.78 is 13.2. The Hall–Kier alpha value is 0.210. The zero-order valence-electron chi connectivity index (χ0n) is 14.7. The molecular formula is C18H26Br2N2O2S. The van der Waals surface area contributed by atoms with Crippen LogP contribution in [0.3, 0.4) is 0 Å². The first-order valence-corrected chi connectivity index (χ1v) is 11.6. The summed E-state index contributed by atoms with van der Waals surface area (Å²) in [5.41, 5.74) is 1.54. The highest BCUT2D eigenvalue weighted by Crippen LogP contribution is 2.36. The molecule has 1 atom stereocenters. The van der Waals surface area contributed by atoms with Gasteiger partial charge < -0.3 is 14.8 Å². The van der Waals surface area contributed by atoms with E-state index in [1.54, 1.807) is 0 Å². The van der Waals surface area contributed by atoms with Gasteiger partial charge in [0.05, 0.1) is 28.8 Å². The second-order valence-electron chi connectivity index (χ2n) is 6.55. The maximum absolute atomic E-state index is 5.67. The third kappa shape index (κ3) is 4.93. The number of halogens is 2. The van der Waals surface area contributed by atoms with Crippen LogP contribution < -0.4 is 10.1 Å². The second-order valence-corrected chi connectivity index (χ2v) is 9.37. The molecule has 140 valence electrons. The highest BCUT2D eigenvalue weighted by molar-refractivity contribution is 9.11. The van der Waals surface area contributed by atoms with E-state index >= 15 is 0 Å². The van der Waals surface area contributed by atoms with E-state index in [0.29, 0.717) is 6.61 Å². The minimum absolute atomic E-state index is 0.286. The summed E-state index contributed by atoms with van der Waals surface area (Å²) in [6.07, 6.45) is 1.27. The van der Waals surface area contributed by atoms with Gasteiger partial charge in [0.25, 0.3) is 0 Å². The predicted molar refractivity (Wildman–Crippen MR) is 112 cm³/mol. The molecule has 4 nitrogen and oxygen atoms in total. The van der Waals surface area contributed by atoms with E-state index in [9.17, 15) is 0 Å². The number of hydrogen-bond donors (Lipinski definition) is 1. The van der Waals surface area contributed by atoms with E-state index < -0.39 is 0 Å². The van der Waals surface area contributed by atoms with Crippen molar-refractivity contribution in [3.8, 4) is 5.75 Å². The quantitative estimate of drug-likeness (QED) is 0.622. The number of thioether (sulfide) groups is 1. The van der Waals surface area contributed by atoms with Crippen LogP contribution in [-0.2, 0) is 11.3 Å². The Balaban J connectivity index is 1.61. The maximum atomic E-state index is 5.67. The van der Waals surface area contributed by atoms with Gasteiger partial charge in [-0.05, 0) is 68.7 Å². The van der Waals surface area contributed by atoms with E-state index in [4.69, 9.17) is 9.47 Å². The lowest BCUT2D eigenvalue weighted by molar-refractivity contribution is -0.0134. The summed E-state index contributed by atoms with van der Waals surface area (Å²) in [6.45, 7) is 8.40. The average molecular weight is 494 g/mol. The molecule has 25 heavy (non-hydrogen) atoms. The molecule has 2 aliphatic heterocycles. The van der Waals surface area contributed by atoms with Gasteiger partial charge in [-0.1, -0.05) is 0 Å². The molecule has 0 aromatic heterocycles. The van der Waals surface area contributed by atoms with Crippen LogP contribution in [0.5, 0.6) is 5.75 Å². The van der Waals surface area contributed by atoms with Gasteiger partial charge in [0, 0.05) is 37.5 Å². The molecule has 0 aliphatic carbocycles. The van der Waals surface area contributed by atoms with Crippen LogP contribution in [0.2, 0.25) is 0 Å². The monoisotopic (exact) mass is 492 g/mol. The lowest BCUT2D eigenvalue weighted by atomic mass is 9.95. The van der Waals surface area contributed by atoms with Gasteiger partial charge >= 0.3 is 0 Å². The Morgan fingerprint density at radius 2 is 2.00 bits per heavy atom. The van der Waals surface area contributed by atoms with Crippen molar-refractivity contribution in [3.63, 3.8) is 0 Å². The molecule has 0 saturated carbocycles. The Labute approximate surface area is 171 Å². The molecule has 2 fully saturated rings. The largest absolute Gasteiger partial charge is 0.492 e. The molecule has 0 amide bonds. The van der Waals surface area contributed by atoms with Gasteiger partial charge in [-0.3, -0.25) is 4.90 Å². The summed E-state index contributed by atoms with van der Waals surface area (Å²) >= 11 is 9.32. The SMILES string of the molecule is CCOc1c(Br)cc(CNCC2(N3CCOCC3)CCSC2)cc1Br. The molecule has 0 bridgehead atoms. The number of rotatable bonds is 7. The first kappa shape index (κ1) is 20.0. The number of hydrogen-bond acceptors (Lipinski definition) is 5. The van der Waals surface area contributed by atoms with Crippen molar-refractivity contribution < 1.29 is 9.47 Å². The van der Waals surface area contributed by atoms with Crippen molar-refractivity contribution in [2.24, 2.45) is 0 Å². The molecular weight excluding hydrogens is 468 g/mol. The van der Waals surface area contributed by atoms with E-state index in [0.717, 1.165) is 54.1 Å². The molecule has 1 aromatic rings. The van der Waals surface area contributed by atoms with Crippen molar-refractivity contribution >= 4 is 43.6 Å². The van der Waals surface area contributed by atoms with E-state index in [1.807, 2.05) is 6.92 Å². The molecule has 1 aromatic carbocycles. The van der Waals surface area contributed by atoms with Crippen LogP contribution in [0.25, 0.3) is 0 Å². The van der Waals surface area contributed by atoms with E-state index in [1.165, 1.54) is 23.5 Å². The Morgan fingerprint density at radius 3 is 2.60 bits per heavy atom. The fraction of sp³-hybridized carbons (Fsp3) is 0.667. The second kappa shape index (κ2) is 9.42. The molecule has 2 aliphatic rings. The van der Waals surface area contributed by atoms with Crippen molar-refractivity contribution in [2.45, 2.75) is 25.4 Å². The minimum Gasteiger partial charge on any atom is -0.492 e. The third-order valence-corrected chi connectivity index (χ3v) is 7.31. The Bertz CT molecular complexity index is 553. The number of morpholine rings is 1. The van der Waals surface area contributed by atoms with Crippen LogP contribution >= 0.6 is 43.6 Å². The highest BCUT2D eigenvalue weighted by atomic mass is 79.9. The number of nitrogens with one attached hydrogen (secondary N) is 1. The van der Waals surface area contributed by atoms with Gasteiger partial charge in [0.15, 0.2) is 0 Å². The maximum Gasteiger partial charge on any atom is 0.147 e. The third-order valence-electron chi connectivity index (χ3n) is 4.89.